The fraction of sp³-hybridized carbons (Fsp3) is 0. The highest BCUT2D eigenvalue weighted by Gasteiger charge is 2.22. The summed E-state index contributed by atoms with van der Waals surface area (Å²) in [5.74, 6) is 0. The van der Waals surface area contributed by atoms with Gasteiger partial charge in [-0.15, -0.1) is 0 Å². The topological polar surface area (TPSA) is 16.4 Å². The van der Waals surface area contributed by atoms with Gasteiger partial charge in [0.1, 0.15) is 5.58 Å². The molecular formula is C48H31NO. The van der Waals surface area contributed by atoms with Crippen molar-refractivity contribution in [3.8, 4) is 22.3 Å². The number of benzene rings is 9. The molecule has 10 rings (SSSR count). The zero-order valence-electron chi connectivity index (χ0n) is 27.3. The number of nitrogens with zero attached hydrogens (tertiary/aromatic N) is 1. The molecule has 50 heavy (non-hydrogen) atoms. The molecule has 0 spiro atoms. The van der Waals surface area contributed by atoms with E-state index in [0.717, 1.165) is 39.0 Å². The molecule has 0 aliphatic rings. The molecular weight excluding hydrogens is 607 g/mol. The van der Waals surface area contributed by atoms with Crippen molar-refractivity contribution in [1.82, 2.24) is 0 Å². The summed E-state index contributed by atoms with van der Waals surface area (Å²) in [7, 11) is 0. The normalized spacial score (nSPS) is 11.6. The summed E-state index contributed by atoms with van der Waals surface area (Å²) < 4.78 is 6.64. The summed E-state index contributed by atoms with van der Waals surface area (Å²) in [4.78, 5) is 2.37. The molecule has 0 aliphatic carbocycles. The second-order valence-corrected chi connectivity index (χ2v) is 12.9. The first-order valence-electron chi connectivity index (χ1n) is 17.1. The molecule has 0 amide bonds. The Bertz CT molecular complexity index is 2870. The summed E-state index contributed by atoms with van der Waals surface area (Å²) in [5.41, 5.74) is 9.78. The van der Waals surface area contributed by atoms with Gasteiger partial charge in [0.2, 0.25) is 0 Å². The highest BCUT2D eigenvalue weighted by Crippen LogP contribution is 2.46. The number of hydrogen-bond acceptors (Lipinski definition) is 2. The SMILES string of the molecule is c1ccc(-c2ccc3cc(-c4ccc(N(c5cc6ccccc6c6ccccc56)c5cccc6c5oc5ccccc56)cc4)ccc3c2)cc1. The molecule has 0 fully saturated rings. The van der Waals surface area contributed by atoms with E-state index in [0.29, 0.717) is 0 Å². The molecule has 0 unspecified atom stereocenters. The lowest BCUT2D eigenvalue weighted by molar-refractivity contribution is 0.669. The lowest BCUT2D eigenvalue weighted by atomic mass is 9.97. The summed E-state index contributed by atoms with van der Waals surface area (Å²) >= 11 is 0. The lowest BCUT2D eigenvalue weighted by Gasteiger charge is -2.27. The highest BCUT2D eigenvalue weighted by atomic mass is 16.3. The van der Waals surface area contributed by atoms with Crippen LogP contribution in [0.15, 0.2) is 192 Å². The third-order valence-corrected chi connectivity index (χ3v) is 10.0. The van der Waals surface area contributed by atoms with E-state index in [2.05, 4.69) is 187 Å². The van der Waals surface area contributed by atoms with Crippen LogP contribution in [0, 0.1) is 0 Å². The lowest BCUT2D eigenvalue weighted by Crippen LogP contribution is -2.11. The Hall–Kier alpha value is -6.64. The third kappa shape index (κ3) is 4.65. The summed E-state index contributed by atoms with van der Waals surface area (Å²) in [5, 5.41) is 9.56. The van der Waals surface area contributed by atoms with Crippen LogP contribution < -0.4 is 4.90 Å². The van der Waals surface area contributed by atoms with Crippen molar-refractivity contribution in [2.24, 2.45) is 0 Å². The standard InChI is InChI=1S/C48H31NO/c1-2-11-32(12-3-1)34-21-23-37-30-35(22-24-36(37)29-34)33-25-27-39(28-26-33)49(45-19-10-18-44-43-17-8-9-20-47(43)50-48(44)45)46-31-38-13-4-5-14-40(38)41-15-6-7-16-42(41)46/h1-31H. The predicted octanol–water partition coefficient (Wildman–Crippen LogP) is 13.8. The molecule has 1 heterocycles. The van der Waals surface area contributed by atoms with Crippen LogP contribution in [0.4, 0.5) is 17.1 Å². The van der Waals surface area contributed by atoms with Gasteiger partial charge in [-0.05, 0) is 91.6 Å². The molecule has 0 radical (unpaired) electrons. The molecule has 1 aromatic heterocycles. The van der Waals surface area contributed by atoms with Crippen LogP contribution in [0.25, 0.3) is 76.5 Å². The molecule has 0 atom stereocenters. The first-order chi connectivity index (χ1) is 24.8. The number of hydrogen-bond donors (Lipinski definition) is 0. The number of rotatable bonds is 5. The number of furan rings is 1. The number of para-hydroxylation sites is 2. The minimum atomic E-state index is 0.874. The first kappa shape index (κ1) is 28.4. The van der Waals surface area contributed by atoms with Gasteiger partial charge in [-0.3, -0.25) is 0 Å². The van der Waals surface area contributed by atoms with Crippen LogP contribution in [0.1, 0.15) is 0 Å². The van der Waals surface area contributed by atoms with E-state index in [1.807, 2.05) is 6.07 Å². The summed E-state index contributed by atoms with van der Waals surface area (Å²) in [6.45, 7) is 0. The van der Waals surface area contributed by atoms with Crippen molar-refractivity contribution in [1.29, 1.82) is 0 Å². The predicted molar refractivity (Wildman–Crippen MR) is 212 cm³/mol. The molecule has 234 valence electrons. The second kappa shape index (κ2) is 11.5. The molecule has 0 bridgehead atoms. The fourth-order valence-corrected chi connectivity index (χ4v) is 7.57. The van der Waals surface area contributed by atoms with Gasteiger partial charge in [-0.2, -0.15) is 0 Å². The van der Waals surface area contributed by atoms with Gasteiger partial charge in [0.25, 0.3) is 0 Å². The Morgan fingerprint density at radius 1 is 0.320 bits per heavy atom. The van der Waals surface area contributed by atoms with Crippen molar-refractivity contribution in [3.63, 3.8) is 0 Å². The van der Waals surface area contributed by atoms with E-state index >= 15 is 0 Å². The van der Waals surface area contributed by atoms with Crippen LogP contribution in [-0.4, -0.2) is 0 Å². The van der Waals surface area contributed by atoms with Gasteiger partial charge in [0.15, 0.2) is 5.58 Å². The molecule has 0 N–H and O–H groups in total. The molecule has 0 saturated heterocycles. The third-order valence-electron chi connectivity index (χ3n) is 10.0. The number of fused-ring (bicyclic) bond motifs is 7. The average molecular weight is 638 g/mol. The van der Waals surface area contributed by atoms with E-state index in [1.54, 1.807) is 0 Å². The van der Waals surface area contributed by atoms with Gasteiger partial charge in [-0.1, -0.05) is 146 Å². The first-order valence-corrected chi connectivity index (χ1v) is 17.1. The minimum Gasteiger partial charge on any atom is -0.454 e. The average Bonchev–Trinajstić information content (AvgIpc) is 3.58. The largest absolute Gasteiger partial charge is 0.454 e. The van der Waals surface area contributed by atoms with E-state index in [-0.39, 0.29) is 0 Å². The quantitative estimate of drug-likeness (QED) is 0.175. The molecule has 9 aromatic carbocycles. The van der Waals surface area contributed by atoms with Gasteiger partial charge in [0.05, 0.1) is 11.4 Å². The van der Waals surface area contributed by atoms with E-state index in [9.17, 15) is 0 Å². The van der Waals surface area contributed by atoms with Crippen molar-refractivity contribution in [3.05, 3.63) is 188 Å². The molecule has 10 aromatic rings. The van der Waals surface area contributed by atoms with Crippen LogP contribution in [0.5, 0.6) is 0 Å². The zero-order chi connectivity index (χ0) is 33.0. The minimum absolute atomic E-state index is 0.874. The van der Waals surface area contributed by atoms with Crippen LogP contribution in [-0.2, 0) is 0 Å². The highest BCUT2D eigenvalue weighted by molar-refractivity contribution is 6.16. The van der Waals surface area contributed by atoms with E-state index < -0.39 is 0 Å². The molecule has 0 aliphatic heterocycles. The van der Waals surface area contributed by atoms with Gasteiger partial charge >= 0.3 is 0 Å². The van der Waals surface area contributed by atoms with Gasteiger partial charge < -0.3 is 9.32 Å². The number of anilines is 3. The summed E-state index contributed by atoms with van der Waals surface area (Å²) in [6, 6.07) is 67.5. The summed E-state index contributed by atoms with van der Waals surface area (Å²) in [6.07, 6.45) is 0. The molecule has 2 nitrogen and oxygen atoms in total. The Kier molecular flexibility index (Phi) is 6.53. The van der Waals surface area contributed by atoms with Crippen molar-refractivity contribution in [2.45, 2.75) is 0 Å². The Balaban J connectivity index is 1.13. The molecule has 2 heteroatoms. The van der Waals surface area contributed by atoms with Crippen molar-refractivity contribution < 1.29 is 4.42 Å². The smallest absolute Gasteiger partial charge is 0.159 e. The van der Waals surface area contributed by atoms with Crippen molar-refractivity contribution in [2.75, 3.05) is 4.90 Å². The van der Waals surface area contributed by atoms with E-state index in [4.69, 9.17) is 4.42 Å². The Morgan fingerprint density at radius 2 is 0.900 bits per heavy atom. The fourth-order valence-electron chi connectivity index (χ4n) is 7.57. The van der Waals surface area contributed by atoms with Crippen LogP contribution in [0.2, 0.25) is 0 Å². The molecule has 0 saturated carbocycles. The maximum atomic E-state index is 6.64. The van der Waals surface area contributed by atoms with Crippen LogP contribution >= 0.6 is 0 Å². The zero-order valence-corrected chi connectivity index (χ0v) is 27.3. The monoisotopic (exact) mass is 637 g/mol. The maximum Gasteiger partial charge on any atom is 0.159 e. The Morgan fingerprint density at radius 3 is 1.66 bits per heavy atom. The maximum absolute atomic E-state index is 6.64. The van der Waals surface area contributed by atoms with Gasteiger partial charge in [0, 0.05) is 21.8 Å². The van der Waals surface area contributed by atoms with E-state index in [1.165, 1.54) is 54.6 Å². The van der Waals surface area contributed by atoms with Gasteiger partial charge in [-0.25, -0.2) is 0 Å². The Labute approximate surface area is 290 Å². The van der Waals surface area contributed by atoms with Crippen LogP contribution in [0.3, 0.4) is 0 Å². The van der Waals surface area contributed by atoms with Crippen molar-refractivity contribution >= 4 is 71.3 Å². The second-order valence-electron chi connectivity index (χ2n) is 12.9.